The molecule has 12 rings (SSSR count). The van der Waals surface area contributed by atoms with Gasteiger partial charge in [-0.3, -0.25) is 14.4 Å². The summed E-state index contributed by atoms with van der Waals surface area (Å²) in [4.78, 5) is 38.7. The molecule has 2 aromatic carbocycles. The van der Waals surface area contributed by atoms with Crippen molar-refractivity contribution < 1.29 is 23.9 Å². The largest absolute Gasteiger partial charge is 0.378 e. The fourth-order valence-corrected chi connectivity index (χ4v) is 17.0. The van der Waals surface area contributed by atoms with Gasteiger partial charge in [-0.15, -0.1) is 0 Å². The summed E-state index contributed by atoms with van der Waals surface area (Å²) in [6.45, 7) is 15.3. The lowest BCUT2D eigenvalue weighted by Gasteiger charge is -2.56. The molecule has 2 aromatic rings. The van der Waals surface area contributed by atoms with Gasteiger partial charge in [-0.25, -0.2) is 0 Å². The van der Waals surface area contributed by atoms with Gasteiger partial charge in [0, 0.05) is 67.5 Å². The van der Waals surface area contributed by atoms with Crippen LogP contribution in [0.3, 0.4) is 0 Å². The summed E-state index contributed by atoms with van der Waals surface area (Å²) < 4.78 is 13.3. The van der Waals surface area contributed by atoms with E-state index in [9.17, 15) is 14.4 Å². The van der Waals surface area contributed by atoms with Crippen LogP contribution in [0.25, 0.3) is 0 Å². The average molecular weight is 888 g/mol. The molecular weight excluding hydrogens is 815 g/mol. The fraction of sp³-hybridized carbons (Fsp3) is 0.583. The zero-order valence-corrected chi connectivity index (χ0v) is 40.7. The molecule has 10 aliphatic rings. The van der Waals surface area contributed by atoms with Crippen molar-refractivity contribution in [3.63, 3.8) is 0 Å². The molecule has 2 aliphatic heterocycles. The lowest BCUT2D eigenvalue weighted by Crippen LogP contribution is -2.52. The van der Waals surface area contributed by atoms with Gasteiger partial charge in [0.05, 0.1) is 17.8 Å². The highest BCUT2D eigenvalue weighted by Gasteiger charge is 2.67. The molecule has 8 aliphatic carbocycles. The van der Waals surface area contributed by atoms with E-state index in [2.05, 4.69) is 82.7 Å². The van der Waals surface area contributed by atoms with Crippen LogP contribution in [0.1, 0.15) is 164 Å². The predicted octanol–water partition coefficient (Wildman–Crippen LogP) is 13.0. The number of hydrogen-bond acceptors (Lipinski definition) is 6. The van der Waals surface area contributed by atoms with Crippen LogP contribution in [0, 0.1) is 40.4 Å². The maximum atomic E-state index is 12.4. The smallest absolute Gasteiger partial charge is 0.159 e. The second kappa shape index (κ2) is 16.3. The third kappa shape index (κ3) is 6.63. The number of Topliss-reactive ketones (excluding diaryl/α,β-unsaturated/α-hetero) is 1. The molecule has 0 radical (unpaired) electrons. The van der Waals surface area contributed by atoms with Crippen LogP contribution in [0.15, 0.2) is 106 Å². The van der Waals surface area contributed by atoms with Crippen LogP contribution in [-0.2, 0) is 19.1 Å². The van der Waals surface area contributed by atoms with Crippen LogP contribution in [0.2, 0.25) is 0 Å². The molecule has 348 valence electrons. The summed E-state index contributed by atoms with van der Waals surface area (Å²) in [6, 6.07) is 17.7. The van der Waals surface area contributed by atoms with Gasteiger partial charge in [-0.2, -0.15) is 0 Å². The minimum absolute atomic E-state index is 0.0604. The van der Waals surface area contributed by atoms with Crippen molar-refractivity contribution in [2.45, 2.75) is 153 Å². The minimum atomic E-state index is -0.190. The summed E-state index contributed by atoms with van der Waals surface area (Å²) in [5.74, 6) is 4.41. The van der Waals surface area contributed by atoms with Crippen molar-refractivity contribution in [1.29, 1.82) is 0 Å². The first kappa shape index (κ1) is 44.4. The number of carbonyl (C=O) groups excluding carboxylic acids is 3. The standard InChI is InChI=1S/C30H39NO2.C30H34O3/c1-19-16-25-27-12-14-30(13-5-15-33-30)29(27,2)18-26(20-6-8-21(9-7-20)31(3)4)28(25)23-11-10-22(32)17-24(19)23;1-18-13-15-33-30(18)14-12-27-25-10-8-22-16-23(32)9-11-24(22)28(25)26(17-29(27,30)3)21-6-4-20(5-7-21)19(2)31/h6-9,17,19,25-27H,5,10-16,18H2,1-4H3;4-7,16,25-27H,1,8-15,17H2,2-3H3/t19-,25+,26-,27+,29+,30+;25-,26+,27-,29-,30+/m10/s1. The molecular formula is C60H73NO5. The van der Waals surface area contributed by atoms with Gasteiger partial charge in [0.2, 0.25) is 0 Å². The van der Waals surface area contributed by atoms with Crippen LogP contribution in [-0.4, -0.2) is 55.9 Å². The minimum Gasteiger partial charge on any atom is -0.378 e. The Hall–Kier alpha value is -4.13. The van der Waals surface area contributed by atoms with Crippen LogP contribution < -0.4 is 4.90 Å². The SMILES string of the molecule is C=C1CCO[C@]12CC[C@H]1[C@@H]3CCC4=CC(=O)CCC4=C3[C@@H](c3ccc(C(C)=O)cc3)C[C@@]12C.C[C@@H]1C[C@@H]2C(=C3CCC(=O)C=C31)[C@@H](c1ccc(N(C)C)cc1)C[C@@]1(C)[C@H]2CC[C@@]12CCCO2. The van der Waals surface area contributed by atoms with Crippen molar-refractivity contribution in [3.8, 4) is 0 Å². The number of allylic oxidation sites excluding steroid dienone is 8. The Bertz CT molecular complexity index is 2490. The van der Waals surface area contributed by atoms with E-state index in [1.807, 2.05) is 24.3 Å². The van der Waals surface area contributed by atoms with E-state index >= 15 is 0 Å². The molecule has 0 bridgehead atoms. The lowest BCUT2D eigenvalue weighted by molar-refractivity contribution is -0.115. The molecule has 6 fully saturated rings. The molecule has 6 nitrogen and oxygen atoms in total. The van der Waals surface area contributed by atoms with Crippen LogP contribution in [0.4, 0.5) is 5.69 Å². The Balaban J connectivity index is 0.000000146. The van der Waals surface area contributed by atoms with Crippen molar-refractivity contribution in [1.82, 2.24) is 0 Å². The molecule has 66 heavy (non-hydrogen) atoms. The molecule has 0 amide bonds. The van der Waals surface area contributed by atoms with Crippen molar-refractivity contribution in [2.24, 2.45) is 40.4 Å². The van der Waals surface area contributed by atoms with E-state index in [4.69, 9.17) is 9.47 Å². The van der Waals surface area contributed by atoms with Crippen molar-refractivity contribution in [3.05, 3.63) is 123 Å². The molecule has 2 heterocycles. The Morgan fingerprint density at radius 3 is 1.98 bits per heavy atom. The molecule has 6 heteroatoms. The first-order valence-corrected chi connectivity index (χ1v) is 26.0. The van der Waals surface area contributed by atoms with Crippen LogP contribution in [0.5, 0.6) is 0 Å². The molecule has 0 N–H and O–H groups in total. The monoisotopic (exact) mass is 888 g/mol. The average Bonchev–Trinajstić information content (AvgIpc) is 4.09. The maximum Gasteiger partial charge on any atom is 0.159 e. The number of rotatable bonds is 4. The fourth-order valence-electron chi connectivity index (χ4n) is 17.0. The van der Waals surface area contributed by atoms with Crippen molar-refractivity contribution in [2.75, 3.05) is 32.2 Å². The number of anilines is 1. The number of carbonyl (C=O) groups is 3. The molecule has 4 saturated carbocycles. The summed E-state index contributed by atoms with van der Waals surface area (Å²) in [6.07, 6.45) is 20.9. The molecule has 2 saturated heterocycles. The predicted molar refractivity (Wildman–Crippen MR) is 263 cm³/mol. The highest BCUT2D eigenvalue weighted by atomic mass is 16.5. The molecule has 2 spiro atoms. The number of fused-ring (bicyclic) bond motifs is 10. The second-order valence-electron chi connectivity index (χ2n) is 23.2. The van der Waals surface area contributed by atoms with E-state index < -0.39 is 0 Å². The summed E-state index contributed by atoms with van der Waals surface area (Å²) in [5, 5.41) is 0. The van der Waals surface area contributed by atoms with Gasteiger partial charge >= 0.3 is 0 Å². The van der Waals surface area contributed by atoms with Gasteiger partial charge in [0.25, 0.3) is 0 Å². The van der Waals surface area contributed by atoms with E-state index in [1.165, 1.54) is 84.1 Å². The molecule has 11 atom stereocenters. The number of benzene rings is 2. The number of ether oxygens (including phenoxy) is 2. The van der Waals surface area contributed by atoms with E-state index in [0.717, 1.165) is 63.7 Å². The van der Waals surface area contributed by atoms with Gasteiger partial charge < -0.3 is 14.4 Å². The highest BCUT2D eigenvalue weighted by Crippen LogP contribution is 2.71. The van der Waals surface area contributed by atoms with E-state index in [0.29, 0.717) is 60.1 Å². The topological polar surface area (TPSA) is 72.9 Å². The van der Waals surface area contributed by atoms with E-state index in [1.54, 1.807) is 23.6 Å². The maximum absolute atomic E-state index is 12.4. The molecule has 0 aromatic heterocycles. The molecule has 0 unspecified atom stereocenters. The number of ketones is 3. The lowest BCUT2D eigenvalue weighted by atomic mass is 9.50. The summed E-state index contributed by atoms with van der Waals surface area (Å²) in [5.41, 5.74) is 15.2. The third-order valence-electron chi connectivity index (χ3n) is 20.2. The van der Waals surface area contributed by atoms with Crippen molar-refractivity contribution >= 4 is 23.0 Å². The second-order valence-corrected chi connectivity index (χ2v) is 23.2. The van der Waals surface area contributed by atoms with Gasteiger partial charge in [-0.1, -0.05) is 74.9 Å². The zero-order chi connectivity index (χ0) is 45.9. The van der Waals surface area contributed by atoms with E-state index in [-0.39, 0.29) is 33.6 Å². The number of nitrogens with zero attached hydrogens (tertiary/aromatic N) is 1. The number of hydrogen-bond donors (Lipinski definition) is 0. The first-order chi connectivity index (χ1) is 31.7. The summed E-state index contributed by atoms with van der Waals surface area (Å²) in [7, 11) is 4.22. The van der Waals surface area contributed by atoms with Gasteiger partial charge in [0.1, 0.15) is 0 Å². The Morgan fingerprint density at radius 1 is 0.697 bits per heavy atom. The highest BCUT2D eigenvalue weighted by molar-refractivity contribution is 5.94. The Labute approximate surface area is 394 Å². The third-order valence-corrected chi connectivity index (χ3v) is 20.2. The van der Waals surface area contributed by atoms with Gasteiger partial charge in [0.15, 0.2) is 17.3 Å². The normalized spacial score (nSPS) is 38.8. The quantitative estimate of drug-likeness (QED) is 0.225. The Kier molecular flexibility index (Phi) is 10.9. The van der Waals surface area contributed by atoms with Crippen LogP contribution >= 0.6 is 0 Å². The first-order valence-electron chi connectivity index (χ1n) is 26.0. The van der Waals surface area contributed by atoms with Gasteiger partial charge in [-0.05, 0) is 190 Å². The Morgan fingerprint density at radius 2 is 1.33 bits per heavy atom. The zero-order valence-electron chi connectivity index (χ0n) is 40.7. The summed E-state index contributed by atoms with van der Waals surface area (Å²) >= 11 is 0.